The van der Waals surface area contributed by atoms with Crippen molar-refractivity contribution in [3.63, 3.8) is 0 Å². The number of halogens is 1. The first-order chi connectivity index (χ1) is 18.4. The van der Waals surface area contributed by atoms with Gasteiger partial charge in [0.15, 0.2) is 23.1 Å². The average molecular weight is 524 g/mol. The molecule has 0 radical (unpaired) electrons. The van der Waals surface area contributed by atoms with Gasteiger partial charge in [-0.2, -0.15) is 0 Å². The zero-order valence-corrected chi connectivity index (χ0v) is 21.5. The molecular weight excluding hydrogens is 493 g/mol. The summed E-state index contributed by atoms with van der Waals surface area (Å²) in [6.45, 7) is 2.60. The fourth-order valence-corrected chi connectivity index (χ4v) is 4.44. The number of aliphatic hydroxyl groups excluding tert-OH is 1. The molecule has 200 valence electrons. The Balaban J connectivity index is 1.80. The maximum Gasteiger partial charge on any atom is 0.296 e. The zero-order chi connectivity index (χ0) is 27.2. The van der Waals surface area contributed by atoms with Crippen LogP contribution in [0, 0.1) is 5.82 Å². The van der Waals surface area contributed by atoms with Gasteiger partial charge < -0.3 is 28.6 Å². The lowest BCUT2D eigenvalue weighted by Crippen LogP contribution is -2.29. The summed E-state index contributed by atoms with van der Waals surface area (Å²) in [5.41, 5.74) is 0.362. The Hall–Kier alpha value is -4.27. The van der Waals surface area contributed by atoms with Gasteiger partial charge >= 0.3 is 0 Å². The first-order valence-electron chi connectivity index (χ1n) is 12.3. The zero-order valence-electron chi connectivity index (χ0n) is 21.5. The van der Waals surface area contributed by atoms with Crippen LogP contribution in [-0.4, -0.2) is 42.5 Å². The standard InChI is InChI=1S/C29H30FNO7/c1-4-5-6-13-38-23-12-9-18(16-24(23)36-3)26-25(27(32)19-10-11-22(35-2)21(30)15-19)28(33)29(34)31(26)17-20-8-7-14-37-20/h7-12,14-16,26,32H,4-6,13,17H2,1-3H3/t26-/m1/s1. The second-order valence-corrected chi connectivity index (χ2v) is 8.82. The van der Waals surface area contributed by atoms with Crippen LogP contribution in [0.1, 0.15) is 49.1 Å². The Labute approximate surface area is 220 Å². The van der Waals surface area contributed by atoms with Crippen molar-refractivity contribution >= 4 is 17.4 Å². The second kappa shape index (κ2) is 11.9. The van der Waals surface area contributed by atoms with Gasteiger partial charge in [0.2, 0.25) is 0 Å². The normalized spacial score (nSPS) is 16.6. The van der Waals surface area contributed by atoms with E-state index in [1.54, 1.807) is 30.3 Å². The van der Waals surface area contributed by atoms with Gasteiger partial charge in [0.05, 0.1) is 45.2 Å². The quantitative estimate of drug-likeness (QED) is 0.151. The first-order valence-corrected chi connectivity index (χ1v) is 12.3. The number of likely N-dealkylation sites (tertiary alicyclic amines) is 1. The van der Waals surface area contributed by atoms with E-state index in [2.05, 4.69) is 6.92 Å². The van der Waals surface area contributed by atoms with Crippen LogP contribution in [0.15, 0.2) is 64.8 Å². The van der Waals surface area contributed by atoms with Gasteiger partial charge in [-0.1, -0.05) is 25.8 Å². The van der Waals surface area contributed by atoms with Gasteiger partial charge in [-0.3, -0.25) is 9.59 Å². The fraction of sp³-hybridized carbons (Fsp3) is 0.310. The molecule has 1 amide bonds. The van der Waals surface area contributed by atoms with E-state index in [1.165, 1.54) is 37.5 Å². The van der Waals surface area contributed by atoms with Crippen LogP contribution >= 0.6 is 0 Å². The molecule has 9 heteroatoms. The minimum atomic E-state index is -0.992. The van der Waals surface area contributed by atoms with Crippen molar-refractivity contribution in [2.24, 2.45) is 0 Å². The molecule has 1 aliphatic heterocycles. The Morgan fingerprint density at radius 2 is 1.79 bits per heavy atom. The van der Waals surface area contributed by atoms with Gasteiger partial charge in [-0.05, 0) is 54.4 Å². The number of methoxy groups -OCH3 is 2. The minimum Gasteiger partial charge on any atom is -0.507 e. The molecular formula is C29H30FNO7. The largest absolute Gasteiger partial charge is 0.507 e. The van der Waals surface area contributed by atoms with Gasteiger partial charge in [0.1, 0.15) is 11.5 Å². The summed E-state index contributed by atoms with van der Waals surface area (Å²) in [5, 5.41) is 11.2. The lowest BCUT2D eigenvalue weighted by Gasteiger charge is -2.25. The number of benzene rings is 2. The molecule has 2 heterocycles. The van der Waals surface area contributed by atoms with Crippen molar-refractivity contribution in [1.29, 1.82) is 0 Å². The number of ether oxygens (including phenoxy) is 3. The molecule has 1 aromatic heterocycles. The molecule has 0 spiro atoms. The molecule has 0 saturated carbocycles. The van der Waals surface area contributed by atoms with Crippen molar-refractivity contribution in [2.45, 2.75) is 38.8 Å². The minimum absolute atomic E-state index is 0.0179. The van der Waals surface area contributed by atoms with E-state index >= 15 is 0 Å². The Kier molecular flexibility index (Phi) is 8.35. The van der Waals surface area contributed by atoms with E-state index in [9.17, 15) is 19.1 Å². The van der Waals surface area contributed by atoms with E-state index in [0.29, 0.717) is 29.4 Å². The Bertz CT molecular complexity index is 1330. The highest BCUT2D eigenvalue weighted by molar-refractivity contribution is 6.46. The van der Waals surface area contributed by atoms with Crippen molar-refractivity contribution in [2.75, 3.05) is 20.8 Å². The summed E-state index contributed by atoms with van der Waals surface area (Å²) >= 11 is 0. The molecule has 0 unspecified atom stereocenters. The summed E-state index contributed by atoms with van der Waals surface area (Å²) in [6.07, 6.45) is 4.46. The molecule has 1 aliphatic rings. The predicted molar refractivity (Wildman–Crippen MR) is 138 cm³/mol. The van der Waals surface area contributed by atoms with E-state index in [0.717, 1.165) is 25.3 Å². The maximum absolute atomic E-state index is 14.4. The number of amides is 1. The number of hydrogen-bond donors (Lipinski definition) is 1. The van der Waals surface area contributed by atoms with Crippen molar-refractivity contribution in [3.05, 3.63) is 83.1 Å². The van der Waals surface area contributed by atoms with Crippen molar-refractivity contribution in [1.82, 2.24) is 4.90 Å². The van der Waals surface area contributed by atoms with E-state index < -0.39 is 29.3 Å². The number of unbranched alkanes of at least 4 members (excludes halogenated alkanes) is 2. The number of nitrogens with zero attached hydrogens (tertiary/aromatic N) is 1. The summed E-state index contributed by atoms with van der Waals surface area (Å²) < 4.78 is 36.2. The first kappa shape index (κ1) is 26.8. The van der Waals surface area contributed by atoms with E-state index in [1.807, 2.05) is 0 Å². The Morgan fingerprint density at radius 1 is 1.03 bits per heavy atom. The molecule has 1 N–H and O–H groups in total. The van der Waals surface area contributed by atoms with Gasteiger partial charge in [0.25, 0.3) is 11.7 Å². The highest BCUT2D eigenvalue weighted by Gasteiger charge is 2.46. The van der Waals surface area contributed by atoms with Crippen LogP contribution < -0.4 is 14.2 Å². The molecule has 3 aromatic rings. The molecule has 38 heavy (non-hydrogen) atoms. The van der Waals surface area contributed by atoms with Crippen LogP contribution in [0.3, 0.4) is 0 Å². The van der Waals surface area contributed by atoms with Crippen LogP contribution in [0.2, 0.25) is 0 Å². The molecule has 4 rings (SSSR count). The highest BCUT2D eigenvalue weighted by atomic mass is 19.1. The molecule has 2 aromatic carbocycles. The molecule has 1 saturated heterocycles. The number of hydrogen-bond acceptors (Lipinski definition) is 7. The number of carbonyl (C=O) groups is 2. The topological polar surface area (TPSA) is 98.4 Å². The summed E-state index contributed by atoms with van der Waals surface area (Å²) in [7, 11) is 2.82. The van der Waals surface area contributed by atoms with Gasteiger partial charge in [0, 0.05) is 5.56 Å². The molecule has 1 fully saturated rings. The third kappa shape index (κ3) is 5.37. The monoisotopic (exact) mass is 523 g/mol. The summed E-state index contributed by atoms with van der Waals surface area (Å²) in [4.78, 5) is 27.8. The van der Waals surface area contributed by atoms with Crippen LogP contribution in [0.5, 0.6) is 17.2 Å². The molecule has 0 bridgehead atoms. The number of aliphatic hydroxyl groups is 1. The fourth-order valence-electron chi connectivity index (χ4n) is 4.44. The number of ketones is 1. The number of Topliss-reactive ketones (excluding diaryl/α,β-unsaturated/α-hetero) is 1. The third-order valence-corrected chi connectivity index (χ3v) is 6.38. The number of furan rings is 1. The SMILES string of the molecule is CCCCCOc1ccc([C@@H]2C(=C(O)c3ccc(OC)c(F)c3)C(=O)C(=O)N2Cc2ccco2)cc1OC. The number of carbonyl (C=O) groups excluding carboxylic acids is 2. The van der Waals surface area contributed by atoms with E-state index in [-0.39, 0.29) is 23.4 Å². The lowest BCUT2D eigenvalue weighted by atomic mass is 9.95. The second-order valence-electron chi connectivity index (χ2n) is 8.82. The van der Waals surface area contributed by atoms with Gasteiger partial charge in [-0.15, -0.1) is 0 Å². The predicted octanol–water partition coefficient (Wildman–Crippen LogP) is 5.63. The lowest BCUT2D eigenvalue weighted by molar-refractivity contribution is -0.140. The summed E-state index contributed by atoms with van der Waals surface area (Å²) in [6, 6.07) is 11.3. The van der Waals surface area contributed by atoms with Crippen LogP contribution in [0.25, 0.3) is 5.76 Å². The number of rotatable bonds is 11. The van der Waals surface area contributed by atoms with E-state index in [4.69, 9.17) is 18.6 Å². The van der Waals surface area contributed by atoms with Crippen molar-refractivity contribution in [3.8, 4) is 17.2 Å². The maximum atomic E-state index is 14.4. The average Bonchev–Trinajstić information content (AvgIpc) is 3.53. The molecule has 8 nitrogen and oxygen atoms in total. The van der Waals surface area contributed by atoms with Crippen LogP contribution in [-0.2, 0) is 16.1 Å². The Morgan fingerprint density at radius 3 is 2.45 bits per heavy atom. The molecule has 1 atom stereocenters. The van der Waals surface area contributed by atoms with Gasteiger partial charge in [-0.25, -0.2) is 4.39 Å². The highest BCUT2D eigenvalue weighted by Crippen LogP contribution is 2.43. The molecule has 0 aliphatic carbocycles. The van der Waals surface area contributed by atoms with Crippen molar-refractivity contribution < 1.29 is 37.7 Å². The third-order valence-electron chi connectivity index (χ3n) is 6.38. The summed E-state index contributed by atoms with van der Waals surface area (Å²) in [5.74, 6) is -1.56. The van der Waals surface area contributed by atoms with Crippen LogP contribution in [0.4, 0.5) is 4.39 Å². The smallest absolute Gasteiger partial charge is 0.296 e.